The molecule has 0 aromatic heterocycles. The molecule has 0 aliphatic heterocycles. The molecule has 1 aromatic carbocycles. The summed E-state index contributed by atoms with van der Waals surface area (Å²) in [5, 5.41) is 12.7. The second-order valence-electron chi connectivity index (χ2n) is 2.95. The number of carbonyl (C=O) groups excluding carboxylic acids is 1. The summed E-state index contributed by atoms with van der Waals surface area (Å²) in [6.45, 7) is 0. The molecule has 1 rings (SSSR count). The van der Waals surface area contributed by atoms with E-state index in [4.69, 9.17) is 5.84 Å². The third-order valence-corrected chi connectivity index (χ3v) is 1.88. The quantitative estimate of drug-likeness (QED) is 0.260. The van der Waals surface area contributed by atoms with Crippen LogP contribution in [-0.2, 0) is 9.53 Å². The Morgan fingerprint density at radius 3 is 2.94 bits per heavy atom. The topological polar surface area (TPSA) is 84.9 Å². The van der Waals surface area contributed by atoms with Crippen LogP contribution >= 0.6 is 0 Å². The highest BCUT2D eigenvalue weighted by Gasteiger charge is 1.99. The predicted octanol–water partition coefficient (Wildman–Crippen LogP) is 0.871. The maximum atomic E-state index is 10.9. The van der Waals surface area contributed by atoms with Gasteiger partial charge in [-0.2, -0.15) is 5.10 Å². The summed E-state index contributed by atoms with van der Waals surface area (Å²) in [6.07, 6.45) is 4.18. The summed E-state index contributed by atoms with van der Waals surface area (Å²) in [5.74, 6) is 4.62. The highest BCUT2D eigenvalue weighted by atomic mass is 16.5. The first-order valence-electron chi connectivity index (χ1n) is 4.49. The molecule has 1 aromatic rings. The number of ether oxygens (including phenoxy) is 1. The molecule has 0 fully saturated rings. The summed E-state index contributed by atoms with van der Waals surface area (Å²) in [6, 6.07) is 4.79. The zero-order valence-corrected chi connectivity index (χ0v) is 8.75. The van der Waals surface area contributed by atoms with Gasteiger partial charge >= 0.3 is 5.97 Å². The van der Waals surface area contributed by atoms with Gasteiger partial charge in [-0.1, -0.05) is 6.07 Å². The number of nitrogens with zero attached hydrogens (tertiary/aromatic N) is 1. The lowest BCUT2D eigenvalue weighted by Gasteiger charge is -1.99. The highest BCUT2D eigenvalue weighted by Crippen LogP contribution is 2.17. The van der Waals surface area contributed by atoms with Crippen LogP contribution in [0.1, 0.15) is 11.1 Å². The minimum absolute atomic E-state index is 0.0735. The SMILES string of the molecule is COC(=O)C=Cc1ccc(O)c(C=NN)c1. The molecule has 0 amide bonds. The predicted molar refractivity (Wildman–Crippen MR) is 60.9 cm³/mol. The first kappa shape index (κ1) is 11.8. The van der Waals surface area contributed by atoms with Gasteiger partial charge in [0.2, 0.25) is 0 Å². The Morgan fingerprint density at radius 2 is 2.31 bits per heavy atom. The Kier molecular flexibility index (Phi) is 4.08. The molecule has 0 radical (unpaired) electrons. The summed E-state index contributed by atoms with van der Waals surface area (Å²) in [4.78, 5) is 10.9. The fraction of sp³-hybridized carbons (Fsp3) is 0.0909. The molecule has 0 heterocycles. The van der Waals surface area contributed by atoms with E-state index < -0.39 is 5.97 Å². The number of carbonyl (C=O) groups is 1. The van der Waals surface area contributed by atoms with Crippen LogP contribution in [0.25, 0.3) is 6.08 Å². The molecule has 5 nitrogen and oxygen atoms in total. The van der Waals surface area contributed by atoms with E-state index in [-0.39, 0.29) is 5.75 Å². The van der Waals surface area contributed by atoms with Gasteiger partial charge in [0.15, 0.2) is 0 Å². The molecular formula is C11H12N2O3. The minimum Gasteiger partial charge on any atom is -0.507 e. The summed E-state index contributed by atoms with van der Waals surface area (Å²) in [7, 11) is 1.30. The van der Waals surface area contributed by atoms with E-state index in [0.29, 0.717) is 5.56 Å². The number of aromatic hydroxyl groups is 1. The van der Waals surface area contributed by atoms with Crippen LogP contribution in [0, 0.1) is 0 Å². The average Bonchev–Trinajstić information content (AvgIpc) is 2.30. The van der Waals surface area contributed by atoms with E-state index in [1.807, 2.05) is 0 Å². The number of hydrazone groups is 1. The normalized spacial score (nSPS) is 11.1. The summed E-state index contributed by atoms with van der Waals surface area (Å²) < 4.78 is 4.45. The van der Waals surface area contributed by atoms with Crippen molar-refractivity contribution in [3.05, 3.63) is 35.4 Å². The van der Waals surface area contributed by atoms with Gasteiger partial charge in [0, 0.05) is 11.6 Å². The number of esters is 1. The Hall–Kier alpha value is -2.30. The smallest absolute Gasteiger partial charge is 0.330 e. The maximum Gasteiger partial charge on any atom is 0.330 e. The Balaban J connectivity index is 2.95. The summed E-state index contributed by atoms with van der Waals surface area (Å²) in [5.41, 5.74) is 1.22. The van der Waals surface area contributed by atoms with Crippen molar-refractivity contribution in [1.82, 2.24) is 0 Å². The second kappa shape index (κ2) is 5.55. The molecule has 5 heteroatoms. The second-order valence-corrected chi connectivity index (χ2v) is 2.95. The van der Waals surface area contributed by atoms with E-state index in [2.05, 4.69) is 9.84 Å². The number of hydrogen-bond acceptors (Lipinski definition) is 5. The molecule has 0 bridgehead atoms. The largest absolute Gasteiger partial charge is 0.507 e. The van der Waals surface area contributed by atoms with Crippen LogP contribution in [0.2, 0.25) is 0 Å². The number of nitrogens with two attached hydrogens (primary N) is 1. The Morgan fingerprint density at radius 1 is 1.56 bits per heavy atom. The van der Waals surface area contributed by atoms with Crippen LogP contribution in [0.4, 0.5) is 0 Å². The fourth-order valence-corrected chi connectivity index (χ4v) is 1.09. The van der Waals surface area contributed by atoms with E-state index in [1.165, 1.54) is 25.5 Å². The van der Waals surface area contributed by atoms with Crippen LogP contribution in [0.3, 0.4) is 0 Å². The highest BCUT2D eigenvalue weighted by molar-refractivity contribution is 5.88. The molecular weight excluding hydrogens is 208 g/mol. The molecule has 16 heavy (non-hydrogen) atoms. The molecule has 3 N–H and O–H groups in total. The lowest BCUT2D eigenvalue weighted by atomic mass is 10.1. The first-order chi connectivity index (χ1) is 7.67. The molecule has 0 aliphatic carbocycles. The zero-order chi connectivity index (χ0) is 12.0. The zero-order valence-electron chi connectivity index (χ0n) is 8.75. The van der Waals surface area contributed by atoms with Gasteiger partial charge in [0.05, 0.1) is 13.3 Å². The van der Waals surface area contributed by atoms with Gasteiger partial charge in [0.25, 0.3) is 0 Å². The monoisotopic (exact) mass is 220 g/mol. The van der Waals surface area contributed by atoms with Gasteiger partial charge in [0.1, 0.15) is 5.75 Å². The van der Waals surface area contributed by atoms with E-state index in [0.717, 1.165) is 5.56 Å². The standard InChI is InChI=1S/C11H12N2O3/c1-16-11(15)5-3-8-2-4-10(14)9(6-8)7-13-12/h2-7,14H,12H2,1H3. The number of methoxy groups -OCH3 is 1. The van der Waals surface area contributed by atoms with Gasteiger partial charge in [-0.15, -0.1) is 0 Å². The average molecular weight is 220 g/mol. The molecule has 0 saturated heterocycles. The van der Waals surface area contributed by atoms with Crippen molar-refractivity contribution in [3.8, 4) is 5.75 Å². The fourth-order valence-electron chi connectivity index (χ4n) is 1.09. The van der Waals surface area contributed by atoms with Crippen molar-refractivity contribution in [2.45, 2.75) is 0 Å². The van der Waals surface area contributed by atoms with Crippen LogP contribution in [0.15, 0.2) is 29.4 Å². The lowest BCUT2D eigenvalue weighted by Crippen LogP contribution is -1.93. The molecule has 0 atom stereocenters. The van der Waals surface area contributed by atoms with E-state index in [9.17, 15) is 9.90 Å². The van der Waals surface area contributed by atoms with Gasteiger partial charge in [-0.05, 0) is 23.8 Å². The van der Waals surface area contributed by atoms with Crippen molar-refractivity contribution in [2.24, 2.45) is 10.9 Å². The molecule has 0 unspecified atom stereocenters. The molecule has 84 valence electrons. The maximum absolute atomic E-state index is 10.9. The number of rotatable bonds is 3. The third-order valence-electron chi connectivity index (χ3n) is 1.88. The van der Waals surface area contributed by atoms with E-state index in [1.54, 1.807) is 18.2 Å². The van der Waals surface area contributed by atoms with Crippen molar-refractivity contribution >= 4 is 18.3 Å². The van der Waals surface area contributed by atoms with Crippen LogP contribution in [-0.4, -0.2) is 24.4 Å². The van der Waals surface area contributed by atoms with Gasteiger partial charge in [-0.3, -0.25) is 0 Å². The molecule has 0 saturated carbocycles. The van der Waals surface area contributed by atoms with Crippen LogP contribution in [0.5, 0.6) is 5.75 Å². The van der Waals surface area contributed by atoms with Crippen molar-refractivity contribution in [3.63, 3.8) is 0 Å². The first-order valence-corrected chi connectivity index (χ1v) is 4.49. The third kappa shape index (κ3) is 3.13. The van der Waals surface area contributed by atoms with Gasteiger partial charge < -0.3 is 15.7 Å². The van der Waals surface area contributed by atoms with Gasteiger partial charge in [-0.25, -0.2) is 4.79 Å². The van der Waals surface area contributed by atoms with Crippen molar-refractivity contribution < 1.29 is 14.6 Å². The lowest BCUT2D eigenvalue weighted by molar-refractivity contribution is -0.134. The Labute approximate surface area is 92.8 Å². The number of benzene rings is 1. The molecule has 0 spiro atoms. The van der Waals surface area contributed by atoms with Crippen molar-refractivity contribution in [2.75, 3.05) is 7.11 Å². The Bertz CT molecular complexity index is 439. The summed E-state index contributed by atoms with van der Waals surface area (Å²) >= 11 is 0. The van der Waals surface area contributed by atoms with Crippen LogP contribution < -0.4 is 5.84 Å². The molecule has 0 aliphatic rings. The minimum atomic E-state index is -0.442. The number of hydrogen-bond donors (Lipinski definition) is 2. The number of phenolic OH excluding ortho intramolecular Hbond substituents is 1. The van der Waals surface area contributed by atoms with E-state index >= 15 is 0 Å². The van der Waals surface area contributed by atoms with Crippen molar-refractivity contribution in [1.29, 1.82) is 0 Å². The number of phenols is 1.